The standard InChI is InChI=1S/C22H29ClN4O2.HI/c1-24-22(25-15-18-6-3-4-9-21(18)28-2)26-16-20(27-10-12-29-13-11-27)17-7-5-8-19(23)14-17;/h3-9,14,20H,10-13,15-16H2,1-2H3,(H2,24,25,26);1H. The zero-order valence-electron chi connectivity index (χ0n) is 17.4. The molecule has 6 nitrogen and oxygen atoms in total. The second kappa shape index (κ2) is 13.0. The summed E-state index contributed by atoms with van der Waals surface area (Å²) in [5.41, 5.74) is 2.27. The van der Waals surface area contributed by atoms with Gasteiger partial charge in [0.2, 0.25) is 0 Å². The van der Waals surface area contributed by atoms with Crippen LogP contribution in [0.5, 0.6) is 5.75 Å². The molecule has 3 rings (SSSR count). The summed E-state index contributed by atoms with van der Waals surface area (Å²) in [4.78, 5) is 6.80. The number of guanidine groups is 1. The first-order valence-corrected chi connectivity index (χ1v) is 10.2. The molecule has 164 valence electrons. The van der Waals surface area contributed by atoms with E-state index in [0.717, 1.165) is 48.6 Å². The van der Waals surface area contributed by atoms with Gasteiger partial charge in [0.15, 0.2) is 5.96 Å². The first kappa shape index (κ1) is 24.7. The van der Waals surface area contributed by atoms with Crippen LogP contribution < -0.4 is 15.4 Å². The second-order valence-corrected chi connectivity index (χ2v) is 7.27. The van der Waals surface area contributed by atoms with E-state index in [2.05, 4.69) is 26.6 Å². The maximum absolute atomic E-state index is 6.25. The average Bonchev–Trinajstić information content (AvgIpc) is 2.77. The summed E-state index contributed by atoms with van der Waals surface area (Å²) in [5, 5.41) is 7.59. The molecule has 2 aromatic carbocycles. The van der Waals surface area contributed by atoms with E-state index in [0.29, 0.717) is 13.1 Å². The highest BCUT2D eigenvalue weighted by atomic mass is 127. The van der Waals surface area contributed by atoms with Crippen molar-refractivity contribution in [3.05, 3.63) is 64.7 Å². The van der Waals surface area contributed by atoms with E-state index in [4.69, 9.17) is 21.1 Å². The molecule has 2 N–H and O–H groups in total. The number of para-hydroxylation sites is 1. The molecule has 8 heteroatoms. The Hall–Kier alpha value is -1.55. The highest BCUT2D eigenvalue weighted by molar-refractivity contribution is 14.0. The molecule has 2 aromatic rings. The number of hydrogen-bond acceptors (Lipinski definition) is 4. The normalized spacial score (nSPS) is 15.8. The molecular formula is C22H30ClIN4O2. The third-order valence-corrected chi connectivity index (χ3v) is 5.28. The quantitative estimate of drug-likeness (QED) is 0.316. The maximum Gasteiger partial charge on any atom is 0.191 e. The molecule has 1 unspecified atom stereocenters. The van der Waals surface area contributed by atoms with Crippen molar-refractivity contribution >= 4 is 41.5 Å². The number of halogens is 2. The van der Waals surface area contributed by atoms with Crippen molar-refractivity contribution in [3.63, 3.8) is 0 Å². The van der Waals surface area contributed by atoms with Crippen molar-refractivity contribution in [1.29, 1.82) is 0 Å². The third-order valence-electron chi connectivity index (χ3n) is 5.05. The largest absolute Gasteiger partial charge is 0.496 e. The molecule has 1 heterocycles. The van der Waals surface area contributed by atoms with Crippen LogP contribution in [0.2, 0.25) is 5.02 Å². The topological polar surface area (TPSA) is 58.1 Å². The van der Waals surface area contributed by atoms with Gasteiger partial charge in [-0.25, -0.2) is 0 Å². The Balaban J connectivity index is 0.00000320. The number of nitrogens with zero attached hydrogens (tertiary/aromatic N) is 2. The fourth-order valence-corrected chi connectivity index (χ4v) is 3.70. The van der Waals surface area contributed by atoms with Crippen LogP contribution in [-0.4, -0.2) is 57.9 Å². The Kier molecular flexibility index (Phi) is 10.7. The molecule has 0 saturated carbocycles. The number of hydrogen-bond donors (Lipinski definition) is 2. The molecule has 1 fully saturated rings. The van der Waals surface area contributed by atoms with Crippen LogP contribution in [0, 0.1) is 0 Å². The molecule has 0 bridgehead atoms. The molecule has 0 aromatic heterocycles. The van der Waals surface area contributed by atoms with Gasteiger partial charge in [-0.3, -0.25) is 9.89 Å². The van der Waals surface area contributed by atoms with Crippen molar-refractivity contribution < 1.29 is 9.47 Å². The average molecular weight is 545 g/mol. The number of morpholine rings is 1. The number of ether oxygens (including phenoxy) is 2. The van der Waals surface area contributed by atoms with Gasteiger partial charge >= 0.3 is 0 Å². The van der Waals surface area contributed by atoms with Gasteiger partial charge in [-0.15, -0.1) is 24.0 Å². The number of aliphatic imine (C=N–C) groups is 1. The predicted octanol–water partition coefficient (Wildman–Crippen LogP) is 3.71. The fourth-order valence-electron chi connectivity index (χ4n) is 3.50. The smallest absolute Gasteiger partial charge is 0.191 e. The van der Waals surface area contributed by atoms with E-state index in [1.807, 2.05) is 42.5 Å². The van der Waals surface area contributed by atoms with Gasteiger partial charge in [0, 0.05) is 43.8 Å². The highest BCUT2D eigenvalue weighted by Gasteiger charge is 2.23. The summed E-state index contributed by atoms with van der Waals surface area (Å²) in [7, 11) is 3.46. The van der Waals surface area contributed by atoms with Gasteiger partial charge in [-0.2, -0.15) is 0 Å². The molecule has 1 saturated heterocycles. The zero-order chi connectivity index (χ0) is 20.5. The lowest BCUT2D eigenvalue weighted by atomic mass is 10.0. The number of rotatable bonds is 7. The second-order valence-electron chi connectivity index (χ2n) is 6.84. The summed E-state index contributed by atoms with van der Waals surface area (Å²) < 4.78 is 11.0. The van der Waals surface area contributed by atoms with Crippen molar-refractivity contribution in [2.45, 2.75) is 12.6 Å². The molecule has 0 amide bonds. The Labute approximate surface area is 201 Å². The summed E-state index contributed by atoms with van der Waals surface area (Å²) in [6.07, 6.45) is 0. The van der Waals surface area contributed by atoms with Crippen LogP contribution in [0.4, 0.5) is 0 Å². The minimum Gasteiger partial charge on any atom is -0.496 e. The van der Waals surface area contributed by atoms with E-state index < -0.39 is 0 Å². The summed E-state index contributed by atoms with van der Waals surface area (Å²) >= 11 is 6.25. The van der Waals surface area contributed by atoms with Crippen LogP contribution in [0.3, 0.4) is 0 Å². The SMILES string of the molecule is CN=C(NCc1ccccc1OC)NCC(c1cccc(Cl)c1)N1CCOCC1.I. The van der Waals surface area contributed by atoms with E-state index in [-0.39, 0.29) is 30.0 Å². The Morgan fingerprint density at radius 1 is 1.17 bits per heavy atom. The van der Waals surface area contributed by atoms with Crippen LogP contribution in [0.15, 0.2) is 53.5 Å². The van der Waals surface area contributed by atoms with Gasteiger partial charge in [0.1, 0.15) is 5.75 Å². The molecule has 0 aliphatic carbocycles. The lowest BCUT2D eigenvalue weighted by Crippen LogP contribution is -2.46. The van der Waals surface area contributed by atoms with Crippen molar-refractivity contribution in [2.75, 3.05) is 47.0 Å². The lowest BCUT2D eigenvalue weighted by Gasteiger charge is -2.35. The summed E-state index contributed by atoms with van der Waals surface area (Å²) in [5.74, 6) is 1.61. The van der Waals surface area contributed by atoms with Gasteiger partial charge < -0.3 is 20.1 Å². The number of benzene rings is 2. The van der Waals surface area contributed by atoms with Gasteiger partial charge in [0.25, 0.3) is 0 Å². The molecule has 1 aliphatic heterocycles. The van der Waals surface area contributed by atoms with Crippen LogP contribution >= 0.6 is 35.6 Å². The van der Waals surface area contributed by atoms with E-state index in [1.165, 1.54) is 5.56 Å². The van der Waals surface area contributed by atoms with Gasteiger partial charge in [-0.1, -0.05) is 41.9 Å². The lowest BCUT2D eigenvalue weighted by molar-refractivity contribution is 0.0170. The predicted molar refractivity (Wildman–Crippen MR) is 133 cm³/mol. The molecular weight excluding hydrogens is 515 g/mol. The Bertz CT molecular complexity index is 815. The van der Waals surface area contributed by atoms with Crippen molar-refractivity contribution in [2.24, 2.45) is 4.99 Å². The van der Waals surface area contributed by atoms with Gasteiger partial charge in [0.05, 0.1) is 26.4 Å². The Morgan fingerprint density at radius 3 is 2.63 bits per heavy atom. The Morgan fingerprint density at radius 2 is 1.93 bits per heavy atom. The number of nitrogens with one attached hydrogen (secondary N) is 2. The maximum atomic E-state index is 6.25. The van der Waals surface area contributed by atoms with Crippen LogP contribution in [-0.2, 0) is 11.3 Å². The minimum absolute atomic E-state index is 0. The highest BCUT2D eigenvalue weighted by Crippen LogP contribution is 2.24. The number of methoxy groups -OCH3 is 1. The summed E-state index contributed by atoms with van der Waals surface area (Å²) in [6.45, 7) is 4.63. The van der Waals surface area contributed by atoms with E-state index in [1.54, 1.807) is 14.2 Å². The van der Waals surface area contributed by atoms with Crippen molar-refractivity contribution in [3.8, 4) is 5.75 Å². The molecule has 0 spiro atoms. The zero-order valence-corrected chi connectivity index (χ0v) is 20.5. The minimum atomic E-state index is 0. The van der Waals surface area contributed by atoms with Crippen LogP contribution in [0.1, 0.15) is 17.2 Å². The molecule has 1 aliphatic rings. The monoisotopic (exact) mass is 544 g/mol. The first-order chi connectivity index (χ1) is 14.2. The molecule has 0 radical (unpaired) electrons. The molecule has 1 atom stereocenters. The van der Waals surface area contributed by atoms with E-state index >= 15 is 0 Å². The fraction of sp³-hybridized carbons (Fsp3) is 0.409. The van der Waals surface area contributed by atoms with Gasteiger partial charge in [-0.05, 0) is 23.8 Å². The van der Waals surface area contributed by atoms with Crippen LogP contribution in [0.25, 0.3) is 0 Å². The third kappa shape index (κ3) is 7.01. The van der Waals surface area contributed by atoms with E-state index in [9.17, 15) is 0 Å². The molecule has 30 heavy (non-hydrogen) atoms. The first-order valence-electron chi connectivity index (χ1n) is 9.85. The summed E-state index contributed by atoms with van der Waals surface area (Å²) in [6, 6.07) is 16.2. The van der Waals surface area contributed by atoms with Crippen molar-refractivity contribution in [1.82, 2.24) is 15.5 Å².